The Morgan fingerprint density at radius 3 is 2.88 bits per heavy atom. The number of hydrogen-bond acceptors (Lipinski definition) is 3. The maximum Gasteiger partial charge on any atom is 0.222 e. The molecule has 0 atom stereocenters. The van der Waals surface area contributed by atoms with Crippen LogP contribution < -0.4 is 10.6 Å². The van der Waals surface area contributed by atoms with Crippen LogP contribution in [0.15, 0.2) is 24.5 Å². The van der Waals surface area contributed by atoms with Crippen molar-refractivity contribution in [2.24, 2.45) is 5.92 Å². The Kier molecular flexibility index (Phi) is 6.25. The van der Waals surface area contributed by atoms with E-state index in [2.05, 4.69) is 15.6 Å². The molecule has 0 aliphatic carbocycles. The third-order valence-electron chi connectivity index (χ3n) is 2.41. The van der Waals surface area contributed by atoms with Gasteiger partial charge in [-0.3, -0.25) is 9.78 Å². The second kappa shape index (κ2) is 7.79. The van der Waals surface area contributed by atoms with Gasteiger partial charge in [0.1, 0.15) is 0 Å². The minimum Gasteiger partial charge on any atom is -0.356 e. The molecule has 0 bridgehead atoms. The fourth-order valence-corrected chi connectivity index (χ4v) is 1.36. The zero-order valence-corrected chi connectivity index (χ0v) is 10.6. The van der Waals surface area contributed by atoms with Crippen molar-refractivity contribution in [1.29, 1.82) is 0 Å². The Balaban J connectivity index is 2.00. The van der Waals surface area contributed by atoms with Crippen molar-refractivity contribution in [2.45, 2.75) is 26.8 Å². The SMILES string of the molecule is CC(C)C(=O)NCCCNCc1cccnc1. The Bertz CT molecular complexity index is 325. The van der Waals surface area contributed by atoms with Crippen molar-refractivity contribution in [3.63, 3.8) is 0 Å². The Morgan fingerprint density at radius 1 is 1.41 bits per heavy atom. The molecule has 94 valence electrons. The van der Waals surface area contributed by atoms with Gasteiger partial charge in [0.05, 0.1) is 0 Å². The molecule has 1 amide bonds. The summed E-state index contributed by atoms with van der Waals surface area (Å²) >= 11 is 0. The molecule has 2 N–H and O–H groups in total. The summed E-state index contributed by atoms with van der Waals surface area (Å²) in [6, 6.07) is 3.97. The molecule has 0 aliphatic heterocycles. The van der Waals surface area contributed by atoms with Gasteiger partial charge < -0.3 is 10.6 Å². The van der Waals surface area contributed by atoms with Crippen LogP contribution in [-0.2, 0) is 11.3 Å². The molecule has 1 aromatic heterocycles. The second-order valence-electron chi connectivity index (χ2n) is 4.34. The molecule has 0 unspecified atom stereocenters. The van der Waals surface area contributed by atoms with Crippen LogP contribution in [0.5, 0.6) is 0 Å². The van der Waals surface area contributed by atoms with Crippen LogP contribution in [0.1, 0.15) is 25.8 Å². The predicted molar refractivity (Wildman–Crippen MR) is 68.4 cm³/mol. The van der Waals surface area contributed by atoms with Gasteiger partial charge in [-0.1, -0.05) is 19.9 Å². The standard InChI is InChI=1S/C13H21N3O/c1-11(2)13(17)16-8-4-7-15-10-12-5-3-6-14-9-12/h3,5-6,9,11,15H,4,7-8,10H2,1-2H3,(H,16,17). The summed E-state index contributed by atoms with van der Waals surface area (Å²) in [7, 11) is 0. The van der Waals surface area contributed by atoms with Crippen molar-refractivity contribution >= 4 is 5.91 Å². The van der Waals surface area contributed by atoms with E-state index < -0.39 is 0 Å². The van der Waals surface area contributed by atoms with E-state index in [4.69, 9.17) is 0 Å². The van der Waals surface area contributed by atoms with Gasteiger partial charge in [-0.15, -0.1) is 0 Å². The fraction of sp³-hybridized carbons (Fsp3) is 0.538. The maximum absolute atomic E-state index is 11.3. The zero-order valence-electron chi connectivity index (χ0n) is 10.6. The Morgan fingerprint density at radius 2 is 2.24 bits per heavy atom. The van der Waals surface area contributed by atoms with Crippen molar-refractivity contribution in [1.82, 2.24) is 15.6 Å². The highest BCUT2D eigenvalue weighted by Crippen LogP contribution is 1.94. The van der Waals surface area contributed by atoms with E-state index >= 15 is 0 Å². The van der Waals surface area contributed by atoms with Crippen LogP contribution in [0.2, 0.25) is 0 Å². The van der Waals surface area contributed by atoms with Crippen molar-refractivity contribution in [3.05, 3.63) is 30.1 Å². The highest BCUT2D eigenvalue weighted by Gasteiger charge is 2.04. The fourth-order valence-electron chi connectivity index (χ4n) is 1.36. The molecule has 17 heavy (non-hydrogen) atoms. The number of aromatic nitrogens is 1. The van der Waals surface area contributed by atoms with E-state index in [1.165, 1.54) is 5.56 Å². The van der Waals surface area contributed by atoms with Crippen LogP contribution in [-0.4, -0.2) is 24.0 Å². The highest BCUT2D eigenvalue weighted by atomic mass is 16.1. The molecule has 4 heteroatoms. The maximum atomic E-state index is 11.3. The van der Waals surface area contributed by atoms with Gasteiger partial charge >= 0.3 is 0 Å². The smallest absolute Gasteiger partial charge is 0.222 e. The van der Waals surface area contributed by atoms with Crippen LogP contribution in [0.25, 0.3) is 0 Å². The Labute approximate surface area is 103 Å². The molecule has 4 nitrogen and oxygen atoms in total. The van der Waals surface area contributed by atoms with Crippen LogP contribution in [0.3, 0.4) is 0 Å². The van der Waals surface area contributed by atoms with Crippen molar-refractivity contribution < 1.29 is 4.79 Å². The predicted octanol–water partition coefficient (Wildman–Crippen LogP) is 1.33. The number of nitrogens with zero attached hydrogens (tertiary/aromatic N) is 1. The summed E-state index contributed by atoms with van der Waals surface area (Å²) < 4.78 is 0. The quantitative estimate of drug-likeness (QED) is 0.701. The normalized spacial score (nSPS) is 10.5. The number of pyridine rings is 1. The van der Waals surface area contributed by atoms with Gasteiger partial charge in [0.25, 0.3) is 0 Å². The van der Waals surface area contributed by atoms with Crippen LogP contribution in [0.4, 0.5) is 0 Å². The Hall–Kier alpha value is -1.42. The minimum absolute atomic E-state index is 0.0679. The topological polar surface area (TPSA) is 54.0 Å². The van der Waals surface area contributed by atoms with E-state index in [0.717, 1.165) is 26.1 Å². The van der Waals surface area contributed by atoms with Gasteiger partial charge in [-0.05, 0) is 24.6 Å². The number of rotatable bonds is 7. The first-order valence-corrected chi connectivity index (χ1v) is 6.07. The molecule has 0 aliphatic rings. The monoisotopic (exact) mass is 235 g/mol. The molecule has 1 aromatic rings. The molecule has 0 fully saturated rings. The molecular formula is C13H21N3O. The van der Waals surface area contributed by atoms with E-state index in [-0.39, 0.29) is 11.8 Å². The molecule has 0 spiro atoms. The van der Waals surface area contributed by atoms with Crippen molar-refractivity contribution in [2.75, 3.05) is 13.1 Å². The zero-order chi connectivity index (χ0) is 12.5. The summed E-state index contributed by atoms with van der Waals surface area (Å²) in [6.07, 6.45) is 4.57. The molecular weight excluding hydrogens is 214 g/mol. The molecule has 1 rings (SSSR count). The highest BCUT2D eigenvalue weighted by molar-refractivity contribution is 5.77. The summed E-state index contributed by atoms with van der Waals surface area (Å²) in [5.41, 5.74) is 1.18. The lowest BCUT2D eigenvalue weighted by Gasteiger charge is -2.08. The summed E-state index contributed by atoms with van der Waals surface area (Å²) in [6.45, 7) is 6.25. The molecule has 0 aromatic carbocycles. The lowest BCUT2D eigenvalue weighted by atomic mass is 10.2. The molecule has 0 radical (unpaired) electrons. The molecule has 0 saturated carbocycles. The summed E-state index contributed by atoms with van der Waals surface area (Å²) in [5.74, 6) is 0.190. The lowest BCUT2D eigenvalue weighted by molar-refractivity contribution is -0.123. The van der Waals surface area contributed by atoms with Gasteiger partial charge in [-0.25, -0.2) is 0 Å². The second-order valence-corrected chi connectivity index (χ2v) is 4.34. The summed E-state index contributed by atoms with van der Waals surface area (Å²) in [4.78, 5) is 15.3. The number of nitrogens with one attached hydrogen (secondary N) is 2. The van der Waals surface area contributed by atoms with E-state index in [0.29, 0.717) is 0 Å². The number of amides is 1. The first-order valence-electron chi connectivity index (χ1n) is 6.07. The van der Waals surface area contributed by atoms with Crippen LogP contribution in [0, 0.1) is 5.92 Å². The third kappa shape index (κ3) is 6.02. The van der Waals surface area contributed by atoms with Gasteiger partial charge in [0.15, 0.2) is 0 Å². The molecule has 0 saturated heterocycles. The van der Waals surface area contributed by atoms with Crippen LogP contribution >= 0.6 is 0 Å². The van der Waals surface area contributed by atoms with Gasteiger partial charge in [-0.2, -0.15) is 0 Å². The van der Waals surface area contributed by atoms with Gasteiger partial charge in [0.2, 0.25) is 5.91 Å². The van der Waals surface area contributed by atoms with E-state index in [1.54, 1.807) is 6.20 Å². The third-order valence-corrected chi connectivity index (χ3v) is 2.41. The number of carbonyl (C=O) groups is 1. The van der Waals surface area contributed by atoms with Crippen molar-refractivity contribution in [3.8, 4) is 0 Å². The number of carbonyl (C=O) groups excluding carboxylic acids is 1. The molecule has 1 heterocycles. The largest absolute Gasteiger partial charge is 0.356 e. The lowest BCUT2D eigenvalue weighted by Crippen LogP contribution is -2.30. The number of hydrogen-bond donors (Lipinski definition) is 2. The summed E-state index contributed by atoms with van der Waals surface area (Å²) in [5, 5.41) is 6.20. The average Bonchev–Trinajstić information content (AvgIpc) is 2.34. The average molecular weight is 235 g/mol. The first kappa shape index (κ1) is 13.6. The minimum atomic E-state index is 0.0679. The van der Waals surface area contributed by atoms with Gasteiger partial charge in [0, 0.05) is 31.4 Å². The van der Waals surface area contributed by atoms with E-state index in [1.807, 2.05) is 32.2 Å². The first-order chi connectivity index (χ1) is 8.20. The van der Waals surface area contributed by atoms with E-state index in [9.17, 15) is 4.79 Å².